The molecule has 0 spiro atoms. The van der Waals surface area contributed by atoms with Crippen LogP contribution in [0.15, 0.2) is 47.0 Å². The van der Waals surface area contributed by atoms with Crippen molar-refractivity contribution in [3.63, 3.8) is 0 Å². The molecule has 0 bridgehead atoms. The van der Waals surface area contributed by atoms with Crippen molar-refractivity contribution in [1.29, 1.82) is 0 Å². The molecule has 2 aromatic carbocycles. The van der Waals surface area contributed by atoms with Gasteiger partial charge in [-0.1, -0.05) is 48.8 Å². The van der Waals surface area contributed by atoms with Crippen molar-refractivity contribution in [3.05, 3.63) is 53.6 Å². The van der Waals surface area contributed by atoms with E-state index in [0.29, 0.717) is 29.4 Å². The first-order valence-electron chi connectivity index (χ1n) is 9.31. The van der Waals surface area contributed by atoms with E-state index in [2.05, 4.69) is 24.0 Å². The highest BCUT2D eigenvalue weighted by atomic mass is 16.5. The van der Waals surface area contributed by atoms with Gasteiger partial charge in [-0.05, 0) is 38.0 Å². The summed E-state index contributed by atoms with van der Waals surface area (Å²) in [5.74, 6) is 1.65. The number of benzene rings is 2. The van der Waals surface area contributed by atoms with E-state index >= 15 is 0 Å². The third-order valence-corrected chi connectivity index (χ3v) is 5.36. The van der Waals surface area contributed by atoms with E-state index < -0.39 is 5.60 Å². The van der Waals surface area contributed by atoms with Crippen molar-refractivity contribution in [3.8, 4) is 28.6 Å². The zero-order chi connectivity index (χ0) is 19.0. The molecule has 4 rings (SSSR count). The molecule has 0 saturated heterocycles. The van der Waals surface area contributed by atoms with E-state index in [1.54, 1.807) is 6.07 Å². The van der Waals surface area contributed by atoms with Gasteiger partial charge in [-0.15, -0.1) is 0 Å². The van der Waals surface area contributed by atoms with Gasteiger partial charge in [0.1, 0.15) is 11.4 Å². The molecule has 5 heteroatoms. The number of ether oxygens (including phenoxy) is 1. The number of carbonyl (C=O) groups is 1. The van der Waals surface area contributed by atoms with E-state index in [1.165, 1.54) is 5.56 Å². The molecule has 0 fully saturated rings. The molecular formula is C22H22N2O3. The molecule has 1 aromatic heterocycles. The fourth-order valence-corrected chi connectivity index (χ4v) is 3.43. The predicted molar refractivity (Wildman–Crippen MR) is 103 cm³/mol. The van der Waals surface area contributed by atoms with Gasteiger partial charge in [0.05, 0.1) is 12.0 Å². The summed E-state index contributed by atoms with van der Waals surface area (Å²) in [4.78, 5) is 17.2. The summed E-state index contributed by atoms with van der Waals surface area (Å²) in [5, 5.41) is 4.07. The van der Waals surface area contributed by atoms with Crippen LogP contribution in [0.1, 0.15) is 49.0 Å². The van der Waals surface area contributed by atoms with Crippen LogP contribution in [-0.4, -0.2) is 21.5 Å². The Morgan fingerprint density at radius 1 is 1.04 bits per heavy atom. The zero-order valence-electron chi connectivity index (χ0n) is 15.8. The number of rotatable bonds is 4. The van der Waals surface area contributed by atoms with Crippen LogP contribution in [0.25, 0.3) is 22.8 Å². The quantitative estimate of drug-likeness (QED) is 0.635. The van der Waals surface area contributed by atoms with Gasteiger partial charge in [0, 0.05) is 11.1 Å². The van der Waals surface area contributed by atoms with Crippen LogP contribution in [0.5, 0.6) is 5.75 Å². The number of hydrogen-bond donors (Lipinski definition) is 0. The highest BCUT2D eigenvalue weighted by molar-refractivity contribution is 6.01. The second-order valence-corrected chi connectivity index (χ2v) is 7.09. The molecule has 0 radical (unpaired) electrons. The average molecular weight is 362 g/mol. The molecule has 0 N–H and O–H groups in total. The van der Waals surface area contributed by atoms with Crippen LogP contribution in [0.2, 0.25) is 0 Å². The molecule has 138 valence electrons. The standard InChI is InChI=1S/C22H22N2O3/c1-4-22(5-2)13-18(25)17-12-16(10-11-19(17)26-22)21-23-20(24-27-21)15-8-6-14(3)7-9-15/h6-12H,4-5,13H2,1-3H3. The van der Waals surface area contributed by atoms with E-state index in [9.17, 15) is 4.79 Å². The van der Waals surface area contributed by atoms with Gasteiger partial charge in [0.25, 0.3) is 5.89 Å². The number of hydrogen-bond acceptors (Lipinski definition) is 5. The summed E-state index contributed by atoms with van der Waals surface area (Å²) in [6.07, 6.45) is 2.01. The molecule has 2 heterocycles. The molecule has 0 aliphatic carbocycles. The highest BCUT2D eigenvalue weighted by Gasteiger charge is 2.37. The van der Waals surface area contributed by atoms with Gasteiger partial charge in [0.15, 0.2) is 5.78 Å². The van der Waals surface area contributed by atoms with Crippen molar-refractivity contribution in [1.82, 2.24) is 10.1 Å². The minimum absolute atomic E-state index is 0.0973. The monoisotopic (exact) mass is 362 g/mol. The van der Waals surface area contributed by atoms with E-state index in [0.717, 1.165) is 24.0 Å². The first kappa shape index (κ1) is 17.5. The van der Waals surface area contributed by atoms with Crippen LogP contribution >= 0.6 is 0 Å². The number of ketones is 1. The number of carbonyl (C=O) groups excluding carboxylic acids is 1. The number of fused-ring (bicyclic) bond motifs is 1. The van der Waals surface area contributed by atoms with Crippen molar-refractivity contribution in [2.75, 3.05) is 0 Å². The number of nitrogens with zero attached hydrogens (tertiary/aromatic N) is 2. The Morgan fingerprint density at radius 2 is 1.74 bits per heavy atom. The topological polar surface area (TPSA) is 65.2 Å². The minimum Gasteiger partial charge on any atom is -0.486 e. The molecular weight excluding hydrogens is 340 g/mol. The maximum absolute atomic E-state index is 12.7. The number of aryl methyl sites for hydroxylation is 1. The van der Waals surface area contributed by atoms with Crippen LogP contribution in [-0.2, 0) is 0 Å². The van der Waals surface area contributed by atoms with E-state index in [1.807, 2.05) is 43.3 Å². The Hall–Kier alpha value is -2.95. The lowest BCUT2D eigenvalue weighted by molar-refractivity contribution is 0.0350. The zero-order valence-corrected chi connectivity index (χ0v) is 15.8. The van der Waals surface area contributed by atoms with Gasteiger partial charge in [-0.25, -0.2) is 0 Å². The predicted octanol–water partition coefficient (Wildman–Crippen LogP) is 5.24. The van der Waals surface area contributed by atoms with Crippen LogP contribution in [0, 0.1) is 6.92 Å². The van der Waals surface area contributed by atoms with E-state index in [4.69, 9.17) is 9.26 Å². The van der Waals surface area contributed by atoms with Crippen molar-refractivity contribution in [2.45, 2.75) is 45.6 Å². The molecule has 0 amide bonds. The number of aromatic nitrogens is 2. The molecule has 1 aliphatic rings. The lowest BCUT2D eigenvalue weighted by atomic mass is 9.85. The molecule has 0 atom stereocenters. The second kappa shape index (κ2) is 6.65. The van der Waals surface area contributed by atoms with Crippen molar-refractivity contribution >= 4 is 5.78 Å². The van der Waals surface area contributed by atoms with Gasteiger partial charge >= 0.3 is 0 Å². The fraction of sp³-hybridized carbons (Fsp3) is 0.318. The molecule has 0 unspecified atom stereocenters. The Bertz CT molecular complexity index is 985. The number of Topliss-reactive ketones (excluding diaryl/α,β-unsaturated/α-hetero) is 1. The molecule has 3 aromatic rings. The molecule has 5 nitrogen and oxygen atoms in total. The van der Waals surface area contributed by atoms with Crippen LogP contribution in [0.4, 0.5) is 0 Å². The summed E-state index contributed by atoms with van der Waals surface area (Å²) in [5.41, 5.74) is 2.97. The fourth-order valence-electron chi connectivity index (χ4n) is 3.43. The summed E-state index contributed by atoms with van der Waals surface area (Å²) in [6, 6.07) is 13.4. The largest absolute Gasteiger partial charge is 0.486 e. The SMILES string of the molecule is CCC1(CC)CC(=O)c2cc(-c3nc(-c4ccc(C)cc4)no3)ccc2O1. The smallest absolute Gasteiger partial charge is 0.258 e. The minimum atomic E-state index is -0.394. The third-order valence-electron chi connectivity index (χ3n) is 5.36. The normalized spacial score (nSPS) is 15.3. The van der Waals surface area contributed by atoms with Gasteiger partial charge in [-0.3, -0.25) is 4.79 Å². The Labute approximate surface area is 158 Å². The molecule has 27 heavy (non-hydrogen) atoms. The van der Waals surface area contributed by atoms with Gasteiger partial charge in [0.2, 0.25) is 5.82 Å². The molecule has 1 aliphatic heterocycles. The first-order valence-corrected chi connectivity index (χ1v) is 9.31. The summed E-state index contributed by atoms with van der Waals surface area (Å²) < 4.78 is 11.6. The van der Waals surface area contributed by atoms with Crippen LogP contribution < -0.4 is 4.74 Å². The summed E-state index contributed by atoms with van der Waals surface area (Å²) >= 11 is 0. The Morgan fingerprint density at radius 3 is 2.44 bits per heavy atom. The highest BCUT2D eigenvalue weighted by Crippen LogP contribution is 2.38. The van der Waals surface area contributed by atoms with E-state index in [-0.39, 0.29) is 5.78 Å². The summed E-state index contributed by atoms with van der Waals surface area (Å²) in [7, 11) is 0. The summed E-state index contributed by atoms with van der Waals surface area (Å²) in [6.45, 7) is 6.14. The lowest BCUT2D eigenvalue weighted by Gasteiger charge is -2.36. The van der Waals surface area contributed by atoms with Crippen molar-refractivity contribution < 1.29 is 14.1 Å². The second-order valence-electron chi connectivity index (χ2n) is 7.09. The first-order chi connectivity index (χ1) is 13.0. The maximum Gasteiger partial charge on any atom is 0.258 e. The van der Waals surface area contributed by atoms with Crippen LogP contribution in [0.3, 0.4) is 0 Å². The lowest BCUT2D eigenvalue weighted by Crippen LogP contribution is -2.40. The third kappa shape index (κ3) is 3.14. The van der Waals surface area contributed by atoms with Gasteiger partial charge in [-0.2, -0.15) is 4.98 Å². The molecule has 0 saturated carbocycles. The van der Waals surface area contributed by atoms with Crippen molar-refractivity contribution in [2.24, 2.45) is 0 Å². The average Bonchev–Trinajstić information content (AvgIpc) is 3.18. The Kier molecular flexibility index (Phi) is 4.30. The maximum atomic E-state index is 12.7. The Balaban J connectivity index is 1.66. The van der Waals surface area contributed by atoms with Gasteiger partial charge < -0.3 is 9.26 Å².